The fourth-order valence-electron chi connectivity index (χ4n) is 3.75. The van der Waals surface area contributed by atoms with Gasteiger partial charge in [-0.3, -0.25) is 14.5 Å². The number of nitrogens with zero attached hydrogens (tertiary/aromatic N) is 1. The van der Waals surface area contributed by atoms with Gasteiger partial charge in [-0.15, -0.1) is 0 Å². The molecule has 1 amide bonds. The first-order valence-corrected chi connectivity index (χ1v) is 10.7. The molecule has 1 saturated heterocycles. The average molecular weight is 467 g/mol. The smallest absolute Gasteiger partial charge is 0.300 e. The minimum Gasteiger partial charge on any atom is -0.507 e. The molecule has 3 aromatic rings. The molecule has 0 spiro atoms. The number of aliphatic hydroxyl groups is 1. The minimum absolute atomic E-state index is 0.124. The molecule has 4 rings (SSSR count). The van der Waals surface area contributed by atoms with E-state index in [9.17, 15) is 23.5 Å². The summed E-state index contributed by atoms with van der Waals surface area (Å²) in [6.07, 6.45) is 0. The molecule has 176 valence electrons. The monoisotopic (exact) mass is 467 g/mol. The van der Waals surface area contributed by atoms with Crippen molar-refractivity contribution in [3.8, 4) is 5.75 Å². The van der Waals surface area contributed by atoms with Gasteiger partial charge in [-0.1, -0.05) is 13.8 Å². The number of rotatable bonds is 6. The number of aliphatic hydroxyl groups excluding tert-OH is 1. The number of Topliss-reactive ketones (excluding diaryl/α,β-unsaturated/α-hetero) is 1. The molecule has 1 N–H and O–H groups in total. The summed E-state index contributed by atoms with van der Waals surface area (Å²) in [5.41, 5.74) is -0.473. The lowest BCUT2D eigenvalue weighted by atomic mass is 9.99. The lowest BCUT2D eigenvalue weighted by Crippen LogP contribution is -2.30. The van der Waals surface area contributed by atoms with Gasteiger partial charge < -0.3 is 14.3 Å². The SMILES string of the molecule is Cc1ccc(C2/C(=C(/O)c3ccc(OCC(C)C)cc3)C(=O)C(=O)N2c2cc(F)ccc2F)o1. The Balaban J connectivity index is 1.83. The predicted molar refractivity (Wildman–Crippen MR) is 121 cm³/mol. The van der Waals surface area contributed by atoms with Crippen molar-refractivity contribution < 1.29 is 32.6 Å². The van der Waals surface area contributed by atoms with E-state index in [1.54, 1.807) is 37.3 Å². The van der Waals surface area contributed by atoms with Crippen molar-refractivity contribution >= 4 is 23.1 Å². The first-order valence-electron chi connectivity index (χ1n) is 10.7. The fourth-order valence-corrected chi connectivity index (χ4v) is 3.75. The Labute approximate surface area is 195 Å². The van der Waals surface area contributed by atoms with Gasteiger partial charge in [-0.05, 0) is 61.4 Å². The third kappa shape index (κ3) is 4.31. The molecular formula is C26H23F2NO5. The average Bonchev–Trinajstić information content (AvgIpc) is 3.34. The summed E-state index contributed by atoms with van der Waals surface area (Å²) < 4.78 is 39.9. The molecule has 2 aromatic carbocycles. The molecule has 1 aliphatic rings. The maximum absolute atomic E-state index is 14.6. The number of aryl methyl sites for hydroxylation is 1. The quantitative estimate of drug-likeness (QED) is 0.293. The van der Waals surface area contributed by atoms with E-state index >= 15 is 0 Å². The third-order valence-corrected chi connectivity index (χ3v) is 5.35. The van der Waals surface area contributed by atoms with Crippen LogP contribution in [0.2, 0.25) is 0 Å². The molecule has 0 radical (unpaired) electrons. The second-order valence-corrected chi connectivity index (χ2v) is 8.44. The van der Waals surface area contributed by atoms with Gasteiger partial charge in [0, 0.05) is 11.6 Å². The highest BCUT2D eigenvalue weighted by Crippen LogP contribution is 2.43. The van der Waals surface area contributed by atoms with Gasteiger partial charge in [0.2, 0.25) is 0 Å². The summed E-state index contributed by atoms with van der Waals surface area (Å²) in [5.74, 6) is -2.80. The van der Waals surface area contributed by atoms with Gasteiger partial charge in [-0.25, -0.2) is 8.78 Å². The molecular weight excluding hydrogens is 444 g/mol. The van der Waals surface area contributed by atoms with Gasteiger partial charge in [-0.2, -0.15) is 0 Å². The molecule has 1 fully saturated rings. The summed E-state index contributed by atoms with van der Waals surface area (Å²) in [5, 5.41) is 11.1. The molecule has 1 unspecified atom stereocenters. The van der Waals surface area contributed by atoms with Crippen LogP contribution in [0.1, 0.15) is 37.0 Å². The summed E-state index contributed by atoms with van der Waals surface area (Å²) >= 11 is 0. The van der Waals surface area contributed by atoms with E-state index in [0.717, 1.165) is 23.1 Å². The van der Waals surface area contributed by atoms with Crippen LogP contribution in [0.4, 0.5) is 14.5 Å². The highest BCUT2D eigenvalue weighted by atomic mass is 19.1. The number of ketones is 1. The van der Waals surface area contributed by atoms with Crippen LogP contribution in [0.15, 0.2) is 64.6 Å². The third-order valence-electron chi connectivity index (χ3n) is 5.35. The van der Waals surface area contributed by atoms with E-state index in [-0.39, 0.29) is 16.9 Å². The van der Waals surface area contributed by atoms with Gasteiger partial charge in [0.1, 0.15) is 40.7 Å². The van der Waals surface area contributed by atoms with E-state index in [4.69, 9.17) is 9.15 Å². The maximum Gasteiger partial charge on any atom is 0.300 e. The van der Waals surface area contributed by atoms with Crippen LogP contribution in [-0.2, 0) is 9.59 Å². The van der Waals surface area contributed by atoms with Crippen molar-refractivity contribution in [2.24, 2.45) is 5.92 Å². The largest absolute Gasteiger partial charge is 0.507 e. The molecule has 34 heavy (non-hydrogen) atoms. The molecule has 0 saturated carbocycles. The van der Waals surface area contributed by atoms with Crippen LogP contribution in [0.25, 0.3) is 5.76 Å². The van der Waals surface area contributed by atoms with E-state index < -0.39 is 40.8 Å². The number of halogens is 2. The van der Waals surface area contributed by atoms with E-state index in [1.165, 1.54) is 6.07 Å². The number of anilines is 1. The number of carbonyl (C=O) groups excluding carboxylic acids is 2. The molecule has 1 aliphatic heterocycles. The van der Waals surface area contributed by atoms with Crippen LogP contribution in [0, 0.1) is 24.5 Å². The van der Waals surface area contributed by atoms with E-state index in [2.05, 4.69) is 0 Å². The summed E-state index contributed by atoms with van der Waals surface area (Å²) in [6.45, 7) is 6.19. The number of ether oxygens (including phenoxy) is 1. The van der Waals surface area contributed by atoms with Gasteiger partial charge in [0.15, 0.2) is 0 Å². The highest BCUT2D eigenvalue weighted by Gasteiger charge is 2.49. The lowest BCUT2D eigenvalue weighted by molar-refractivity contribution is -0.132. The summed E-state index contributed by atoms with van der Waals surface area (Å²) in [4.78, 5) is 26.8. The Morgan fingerprint density at radius 2 is 1.79 bits per heavy atom. The van der Waals surface area contributed by atoms with Gasteiger partial charge >= 0.3 is 0 Å². The van der Waals surface area contributed by atoms with Crippen molar-refractivity contribution in [2.45, 2.75) is 26.8 Å². The number of carbonyl (C=O) groups is 2. The zero-order chi connectivity index (χ0) is 24.6. The Hall–Kier alpha value is -3.94. The predicted octanol–water partition coefficient (Wildman–Crippen LogP) is 5.53. The molecule has 0 bridgehead atoms. The topological polar surface area (TPSA) is 80.0 Å². The van der Waals surface area contributed by atoms with Crippen molar-refractivity contribution in [3.63, 3.8) is 0 Å². The summed E-state index contributed by atoms with van der Waals surface area (Å²) in [6, 6.07) is 10.8. The number of hydrogen-bond acceptors (Lipinski definition) is 5. The molecule has 1 aromatic heterocycles. The second-order valence-electron chi connectivity index (χ2n) is 8.44. The zero-order valence-electron chi connectivity index (χ0n) is 18.8. The van der Waals surface area contributed by atoms with E-state index in [0.29, 0.717) is 24.0 Å². The van der Waals surface area contributed by atoms with Crippen LogP contribution in [0.3, 0.4) is 0 Å². The Kier molecular flexibility index (Phi) is 6.24. The Morgan fingerprint density at radius 1 is 1.09 bits per heavy atom. The van der Waals surface area contributed by atoms with Crippen LogP contribution in [0.5, 0.6) is 5.75 Å². The van der Waals surface area contributed by atoms with Gasteiger partial charge in [0.05, 0.1) is 17.9 Å². The van der Waals surface area contributed by atoms with Crippen LogP contribution in [-0.4, -0.2) is 23.4 Å². The number of hydrogen-bond donors (Lipinski definition) is 1. The second kappa shape index (κ2) is 9.13. The number of benzene rings is 2. The number of furan rings is 1. The number of amides is 1. The highest BCUT2D eigenvalue weighted by molar-refractivity contribution is 6.51. The molecule has 2 heterocycles. The van der Waals surface area contributed by atoms with Crippen molar-refractivity contribution in [3.05, 3.63) is 88.9 Å². The minimum atomic E-state index is -1.29. The maximum atomic E-state index is 14.6. The van der Waals surface area contributed by atoms with Crippen molar-refractivity contribution in [2.75, 3.05) is 11.5 Å². The molecule has 8 heteroatoms. The zero-order valence-corrected chi connectivity index (χ0v) is 18.8. The summed E-state index contributed by atoms with van der Waals surface area (Å²) in [7, 11) is 0. The lowest BCUT2D eigenvalue weighted by Gasteiger charge is -2.23. The molecule has 6 nitrogen and oxygen atoms in total. The van der Waals surface area contributed by atoms with Gasteiger partial charge in [0.25, 0.3) is 11.7 Å². The first-order chi connectivity index (χ1) is 16.2. The Morgan fingerprint density at radius 3 is 2.41 bits per heavy atom. The van der Waals surface area contributed by atoms with E-state index in [1.807, 2.05) is 13.8 Å². The Bertz CT molecular complexity index is 1280. The van der Waals surface area contributed by atoms with Crippen LogP contribution < -0.4 is 9.64 Å². The first kappa shape index (κ1) is 23.2. The normalized spacial score (nSPS) is 17.6. The molecule has 1 atom stereocenters. The van der Waals surface area contributed by atoms with Crippen LogP contribution >= 0.6 is 0 Å². The fraction of sp³-hybridized carbons (Fsp3) is 0.231. The standard InChI is InChI=1S/C26H23F2NO5/c1-14(2)13-33-18-8-5-16(6-9-18)24(30)22-23(21-11-4-15(3)34-21)29(26(32)25(22)31)20-12-17(27)7-10-19(20)28/h4-12,14,23,30H,13H2,1-3H3/b24-22-. The molecule has 0 aliphatic carbocycles. The van der Waals surface area contributed by atoms with Crippen molar-refractivity contribution in [1.29, 1.82) is 0 Å². The van der Waals surface area contributed by atoms with Crippen molar-refractivity contribution in [1.82, 2.24) is 0 Å².